The molecule has 1 saturated heterocycles. The fraction of sp³-hybridized carbons (Fsp3) is 0.769. The second kappa shape index (κ2) is 3.99. The molecule has 2 heteroatoms. The van der Waals surface area contributed by atoms with Crippen LogP contribution in [0.4, 0.5) is 0 Å². The first-order chi connectivity index (χ1) is 7.15. The highest BCUT2D eigenvalue weighted by Gasteiger charge is 2.47. The second-order valence-corrected chi connectivity index (χ2v) is 5.33. The van der Waals surface area contributed by atoms with Gasteiger partial charge in [-0.05, 0) is 43.1 Å². The predicted molar refractivity (Wildman–Crippen MR) is 61.5 cm³/mol. The molecule has 0 atom stereocenters. The van der Waals surface area contributed by atoms with Crippen LogP contribution in [0.15, 0.2) is 12.2 Å². The van der Waals surface area contributed by atoms with Gasteiger partial charge in [0.1, 0.15) is 0 Å². The Morgan fingerprint density at radius 3 is 2.87 bits per heavy atom. The SMILES string of the molecule is CC/C=C/C(=O)N1CCC2(CC(C)C2)C1. The maximum absolute atomic E-state index is 11.8. The van der Waals surface area contributed by atoms with Crippen molar-refractivity contribution in [1.82, 2.24) is 4.90 Å². The summed E-state index contributed by atoms with van der Waals surface area (Å²) in [6, 6.07) is 0. The average molecular weight is 207 g/mol. The van der Waals surface area contributed by atoms with E-state index in [9.17, 15) is 4.79 Å². The van der Waals surface area contributed by atoms with Gasteiger partial charge in [0.15, 0.2) is 0 Å². The fourth-order valence-corrected chi connectivity index (χ4v) is 3.20. The largest absolute Gasteiger partial charge is 0.339 e. The monoisotopic (exact) mass is 207 g/mol. The third kappa shape index (κ3) is 2.09. The normalized spacial score (nSPS) is 35.1. The number of rotatable bonds is 2. The Hall–Kier alpha value is -0.790. The summed E-state index contributed by atoms with van der Waals surface area (Å²) in [7, 11) is 0. The topological polar surface area (TPSA) is 20.3 Å². The molecule has 0 N–H and O–H groups in total. The summed E-state index contributed by atoms with van der Waals surface area (Å²) < 4.78 is 0. The van der Waals surface area contributed by atoms with Gasteiger partial charge in [-0.15, -0.1) is 0 Å². The van der Waals surface area contributed by atoms with E-state index in [2.05, 4.69) is 13.8 Å². The molecule has 0 aromatic carbocycles. The molecule has 2 rings (SSSR count). The van der Waals surface area contributed by atoms with E-state index < -0.39 is 0 Å². The Morgan fingerprint density at radius 2 is 2.27 bits per heavy atom. The molecular weight excluding hydrogens is 186 g/mol. The van der Waals surface area contributed by atoms with Gasteiger partial charge in [-0.3, -0.25) is 4.79 Å². The summed E-state index contributed by atoms with van der Waals surface area (Å²) in [6.07, 6.45) is 8.52. The molecule has 0 radical (unpaired) electrons. The van der Waals surface area contributed by atoms with Crippen LogP contribution in [-0.2, 0) is 4.79 Å². The van der Waals surface area contributed by atoms with E-state index in [0.29, 0.717) is 5.41 Å². The highest BCUT2D eigenvalue weighted by molar-refractivity contribution is 5.87. The fourth-order valence-electron chi connectivity index (χ4n) is 3.20. The standard InChI is InChI=1S/C13H21NO/c1-3-4-5-12(15)14-7-6-13(10-14)8-11(2)9-13/h4-5,11H,3,6-10H2,1-2H3/b5-4+. The van der Waals surface area contributed by atoms with Crippen LogP contribution in [0.2, 0.25) is 0 Å². The molecule has 0 aromatic rings. The maximum Gasteiger partial charge on any atom is 0.246 e. The van der Waals surface area contributed by atoms with E-state index >= 15 is 0 Å². The zero-order valence-corrected chi connectivity index (χ0v) is 9.83. The third-order valence-electron chi connectivity index (χ3n) is 3.81. The van der Waals surface area contributed by atoms with Crippen LogP contribution >= 0.6 is 0 Å². The average Bonchev–Trinajstić information content (AvgIpc) is 2.58. The minimum atomic E-state index is 0.216. The molecule has 0 unspecified atom stereocenters. The molecule has 2 nitrogen and oxygen atoms in total. The minimum absolute atomic E-state index is 0.216. The van der Waals surface area contributed by atoms with Crippen LogP contribution in [0.25, 0.3) is 0 Å². The third-order valence-corrected chi connectivity index (χ3v) is 3.81. The lowest BCUT2D eigenvalue weighted by molar-refractivity contribution is -0.125. The lowest BCUT2D eigenvalue weighted by Crippen LogP contribution is -2.39. The second-order valence-electron chi connectivity index (χ2n) is 5.33. The lowest BCUT2D eigenvalue weighted by atomic mass is 9.62. The van der Waals surface area contributed by atoms with Crippen LogP contribution in [-0.4, -0.2) is 23.9 Å². The Labute approximate surface area is 92.3 Å². The zero-order chi connectivity index (χ0) is 10.9. The van der Waals surface area contributed by atoms with Crippen LogP contribution < -0.4 is 0 Å². The van der Waals surface area contributed by atoms with Crippen molar-refractivity contribution in [3.05, 3.63) is 12.2 Å². The molecule has 1 spiro atoms. The predicted octanol–water partition coefficient (Wildman–Crippen LogP) is 2.60. The Morgan fingerprint density at radius 1 is 1.53 bits per heavy atom. The molecule has 2 fully saturated rings. The van der Waals surface area contributed by atoms with Crippen molar-refractivity contribution in [2.75, 3.05) is 13.1 Å². The van der Waals surface area contributed by atoms with E-state index in [1.165, 1.54) is 19.3 Å². The lowest BCUT2D eigenvalue weighted by Gasteiger charge is -2.43. The van der Waals surface area contributed by atoms with Gasteiger partial charge in [0.25, 0.3) is 0 Å². The molecular formula is C13H21NO. The van der Waals surface area contributed by atoms with E-state index in [-0.39, 0.29) is 5.91 Å². The molecule has 0 aromatic heterocycles. The highest BCUT2D eigenvalue weighted by Crippen LogP contribution is 2.51. The van der Waals surface area contributed by atoms with Crippen molar-refractivity contribution in [2.45, 2.75) is 39.5 Å². The zero-order valence-electron chi connectivity index (χ0n) is 9.83. The van der Waals surface area contributed by atoms with Gasteiger partial charge in [-0.25, -0.2) is 0 Å². The van der Waals surface area contributed by atoms with Crippen molar-refractivity contribution in [3.63, 3.8) is 0 Å². The molecule has 2 aliphatic rings. The van der Waals surface area contributed by atoms with Crippen LogP contribution in [0, 0.1) is 11.3 Å². The number of likely N-dealkylation sites (tertiary alicyclic amines) is 1. The first kappa shape index (κ1) is 10.7. The minimum Gasteiger partial charge on any atom is -0.339 e. The quantitative estimate of drug-likeness (QED) is 0.637. The number of hydrogen-bond donors (Lipinski definition) is 0. The van der Waals surface area contributed by atoms with Crippen molar-refractivity contribution < 1.29 is 4.79 Å². The summed E-state index contributed by atoms with van der Waals surface area (Å²) in [6.45, 7) is 6.35. The molecule has 15 heavy (non-hydrogen) atoms. The number of amides is 1. The van der Waals surface area contributed by atoms with Crippen molar-refractivity contribution in [2.24, 2.45) is 11.3 Å². The summed E-state index contributed by atoms with van der Waals surface area (Å²) >= 11 is 0. The molecule has 1 heterocycles. The van der Waals surface area contributed by atoms with Crippen molar-refractivity contribution in [3.8, 4) is 0 Å². The van der Waals surface area contributed by atoms with Gasteiger partial charge < -0.3 is 4.90 Å². The van der Waals surface area contributed by atoms with Gasteiger partial charge in [0, 0.05) is 13.1 Å². The van der Waals surface area contributed by atoms with E-state index in [4.69, 9.17) is 0 Å². The summed E-state index contributed by atoms with van der Waals surface area (Å²) in [5.41, 5.74) is 0.509. The van der Waals surface area contributed by atoms with Crippen LogP contribution in [0.3, 0.4) is 0 Å². The maximum atomic E-state index is 11.8. The van der Waals surface area contributed by atoms with Crippen LogP contribution in [0.1, 0.15) is 39.5 Å². The molecule has 84 valence electrons. The summed E-state index contributed by atoms with van der Waals surface area (Å²) in [5.74, 6) is 1.10. The summed E-state index contributed by atoms with van der Waals surface area (Å²) in [4.78, 5) is 13.8. The molecule has 1 aliphatic heterocycles. The molecule has 0 bridgehead atoms. The first-order valence-electron chi connectivity index (χ1n) is 6.11. The van der Waals surface area contributed by atoms with Crippen molar-refractivity contribution >= 4 is 5.91 Å². The molecule has 1 amide bonds. The van der Waals surface area contributed by atoms with Gasteiger partial charge in [0.2, 0.25) is 5.91 Å². The summed E-state index contributed by atoms with van der Waals surface area (Å²) in [5, 5.41) is 0. The van der Waals surface area contributed by atoms with Crippen molar-refractivity contribution in [1.29, 1.82) is 0 Å². The van der Waals surface area contributed by atoms with Crippen LogP contribution in [0.5, 0.6) is 0 Å². The number of hydrogen-bond acceptors (Lipinski definition) is 1. The van der Waals surface area contributed by atoms with Gasteiger partial charge in [-0.1, -0.05) is 19.9 Å². The first-order valence-corrected chi connectivity index (χ1v) is 6.11. The smallest absolute Gasteiger partial charge is 0.246 e. The highest BCUT2D eigenvalue weighted by atomic mass is 16.2. The molecule has 1 aliphatic carbocycles. The van der Waals surface area contributed by atoms with Gasteiger partial charge >= 0.3 is 0 Å². The number of nitrogens with zero attached hydrogens (tertiary/aromatic N) is 1. The van der Waals surface area contributed by atoms with Gasteiger partial charge in [0.05, 0.1) is 0 Å². The van der Waals surface area contributed by atoms with E-state index in [1.807, 2.05) is 11.0 Å². The Kier molecular flexibility index (Phi) is 2.85. The number of carbonyl (C=O) groups excluding carboxylic acids is 1. The number of allylic oxidation sites excluding steroid dienone is 1. The molecule has 1 saturated carbocycles. The van der Waals surface area contributed by atoms with E-state index in [1.54, 1.807) is 6.08 Å². The Bertz CT molecular complexity index is 276. The van der Waals surface area contributed by atoms with E-state index in [0.717, 1.165) is 25.4 Å². The number of carbonyl (C=O) groups is 1. The van der Waals surface area contributed by atoms with Gasteiger partial charge in [-0.2, -0.15) is 0 Å². The Balaban J connectivity index is 1.87.